The maximum Gasteiger partial charge on any atom is 0.343 e. The number of hydrogen-bond acceptors (Lipinski definition) is 4. The summed E-state index contributed by atoms with van der Waals surface area (Å²) in [4.78, 5) is 18.0. The Hall–Kier alpha value is -4.16. The number of aromatic nitrogens is 2. The van der Waals surface area contributed by atoms with Crippen LogP contribution in [-0.2, 0) is 11.3 Å². The van der Waals surface area contributed by atoms with Crippen LogP contribution in [0, 0.1) is 13.8 Å². The van der Waals surface area contributed by atoms with Crippen molar-refractivity contribution in [3.05, 3.63) is 130 Å². The van der Waals surface area contributed by atoms with Gasteiger partial charge in [-0.1, -0.05) is 75.6 Å². The van der Waals surface area contributed by atoms with Gasteiger partial charge in [-0.3, -0.25) is 0 Å². The SMILES string of the molecule is Cc1ccc(C(=O)O/C(=C/c2nc3ccccc3n2CCOc2ccc(Br)cc2)c2ccc(C)cc2)cc1. The molecule has 0 fully saturated rings. The predicted octanol–water partition coefficient (Wildman–Crippen LogP) is 7.85. The Labute approximate surface area is 230 Å². The number of carbonyl (C=O) groups is 1. The minimum absolute atomic E-state index is 0.418. The van der Waals surface area contributed by atoms with Gasteiger partial charge in [-0.05, 0) is 62.4 Å². The van der Waals surface area contributed by atoms with Gasteiger partial charge in [-0.25, -0.2) is 9.78 Å². The van der Waals surface area contributed by atoms with Crippen LogP contribution in [0.3, 0.4) is 0 Å². The quantitative estimate of drug-likeness (QED) is 0.142. The van der Waals surface area contributed by atoms with E-state index in [0.717, 1.165) is 37.9 Å². The molecule has 0 N–H and O–H groups in total. The number of carbonyl (C=O) groups excluding carboxylic acids is 1. The van der Waals surface area contributed by atoms with Crippen LogP contribution in [0.25, 0.3) is 22.9 Å². The first-order valence-electron chi connectivity index (χ1n) is 12.4. The second-order valence-electron chi connectivity index (χ2n) is 9.04. The lowest BCUT2D eigenvalue weighted by Gasteiger charge is -2.12. The molecule has 6 heteroatoms. The van der Waals surface area contributed by atoms with E-state index in [1.165, 1.54) is 0 Å². The number of para-hydroxylation sites is 2. The van der Waals surface area contributed by atoms with Crippen molar-refractivity contribution in [3.63, 3.8) is 0 Å². The van der Waals surface area contributed by atoms with E-state index in [9.17, 15) is 4.79 Å². The second kappa shape index (κ2) is 11.5. The van der Waals surface area contributed by atoms with E-state index in [0.29, 0.717) is 30.3 Å². The Balaban J connectivity index is 1.49. The van der Waals surface area contributed by atoms with E-state index in [-0.39, 0.29) is 0 Å². The fraction of sp³-hybridized carbons (Fsp3) is 0.125. The molecule has 0 unspecified atom stereocenters. The van der Waals surface area contributed by atoms with Crippen molar-refractivity contribution in [2.24, 2.45) is 0 Å². The third-order valence-electron chi connectivity index (χ3n) is 6.17. The summed E-state index contributed by atoms with van der Waals surface area (Å²) in [6, 6.07) is 31.0. The smallest absolute Gasteiger partial charge is 0.343 e. The number of fused-ring (bicyclic) bond motifs is 1. The molecular formula is C32H27BrN2O3. The summed E-state index contributed by atoms with van der Waals surface area (Å²) in [6.45, 7) is 5.02. The lowest BCUT2D eigenvalue weighted by molar-refractivity contribution is 0.0693. The van der Waals surface area contributed by atoms with Gasteiger partial charge >= 0.3 is 5.97 Å². The summed E-state index contributed by atoms with van der Waals surface area (Å²) in [5.74, 6) is 1.49. The molecule has 1 aromatic heterocycles. The molecule has 38 heavy (non-hydrogen) atoms. The molecular weight excluding hydrogens is 540 g/mol. The standard InChI is InChI=1S/C32H27BrN2O3/c1-22-7-11-24(12-8-22)30(38-32(36)25-13-9-23(2)10-14-25)21-31-34-28-5-3-4-6-29(28)35(31)19-20-37-27-17-15-26(33)16-18-27/h3-18,21H,19-20H2,1-2H3/b30-21+. The van der Waals surface area contributed by atoms with Crippen molar-refractivity contribution in [1.82, 2.24) is 9.55 Å². The zero-order valence-corrected chi connectivity index (χ0v) is 22.8. The first-order valence-corrected chi connectivity index (χ1v) is 13.2. The number of imidazole rings is 1. The monoisotopic (exact) mass is 566 g/mol. The Morgan fingerprint density at radius 1 is 0.842 bits per heavy atom. The third-order valence-corrected chi connectivity index (χ3v) is 6.70. The minimum atomic E-state index is -0.418. The maximum absolute atomic E-state index is 13.1. The summed E-state index contributed by atoms with van der Waals surface area (Å²) in [5.41, 5.74) is 5.32. The number of halogens is 1. The summed E-state index contributed by atoms with van der Waals surface area (Å²) >= 11 is 3.45. The zero-order valence-electron chi connectivity index (χ0n) is 21.2. The molecule has 0 aliphatic heterocycles. The largest absolute Gasteiger partial charge is 0.492 e. The topological polar surface area (TPSA) is 53.3 Å². The van der Waals surface area contributed by atoms with Gasteiger partial charge in [0.05, 0.1) is 23.1 Å². The average molecular weight is 567 g/mol. The number of benzene rings is 4. The summed E-state index contributed by atoms with van der Waals surface area (Å²) < 4.78 is 15.1. The highest BCUT2D eigenvalue weighted by atomic mass is 79.9. The molecule has 0 bridgehead atoms. The third kappa shape index (κ3) is 6.03. The molecule has 190 valence electrons. The summed E-state index contributed by atoms with van der Waals surface area (Å²) in [5, 5.41) is 0. The molecule has 0 aliphatic rings. The van der Waals surface area contributed by atoms with Crippen molar-refractivity contribution in [3.8, 4) is 5.75 Å². The van der Waals surface area contributed by atoms with Gasteiger partial charge in [-0.2, -0.15) is 0 Å². The Morgan fingerprint density at radius 2 is 1.47 bits per heavy atom. The number of hydrogen-bond donors (Lipinski definition) is 0. The van der Waals surface area contributed by atoms with Crippen LogP contribution in [0.4, 0.5) is 0 Å². The highest BCUT2D eigenvalue weighted by molar-refractivity contribution is 9.10. The molecule has 5 aromatic rings. The number of rotatable bonds is 8. The van der Waals surface area contributed by atoms with Gasteiger partial charge in [0.2, 0.25) is 0 Å². The van der Waals surface area contributed by atoms with Crippen LogP contribution < -0.4 is 4.74 Å². The highest BCUT2D eigenvalue weighted by Gasteiger charge is 2.16. The van der Waals surface area contributed by atoms with Crippen LogP contribution in [0.5, 0.6) is 5.75 Å². The van der Waals surface area contributed by atoms with Gasteiger partial charge in [0, 0.05) is 16.1 Å². The normalized spacial score (nSPS) is 11.5. The van der Waals surface area contributed by atoms with Crippen molar-refractivity contribution in [2.75, 3.05) is 6.61 Å². The van der Waals surface area contributed by atoms with Gasteiger partial charge < -0.3 is 14.0 Å². The van der Waals surface area contributed by atoms with Crippen LogP contribution in [0.15, 0.2) is 102 Å². The molecule has 0 saturated heterocycles. The van der Waals surface area contributed by atoms with E-state index in [1.807, 2.05) is 105 Å². The van der Waals surface area contributed by atoms with Crippen molar-refractivity contribution < 1.29 is 14.3 Å². The molecule has 5 nitrogen and oxygen atoms in total. The Kier molecular flexibility index (Phi) is 7.70. The van der Waals surface area contributed by atoms with Crippen LogP contribution in [0.1, 0.15) is 32.9 Å². The lowest BCUT2D eigenvalue weighted by atomic mass is 10.1. The van der Waals surface area contributed by atoms with E-state index < -0.39 is 5.97 Å². The van der Waals surface area contributed by atoms with E-state index in [2.05, 4.69) is 20.5 Å². The predicted molar refractivity (Wildman–Crippen MR) is 155 cm³/mol. The van der Waals surface area contributed by atoms with Crippen LogP contribution >= 0.6 is 15.9 Å². The van der Waals surface area contributed by atoms with Crippen molar-refractivity contribution >= 4 is 44.8 Å². The van der Waals surface area contributed by atoms with Crippen LogP contribution in [-0.4, -0.2) is 22.1 Å². The van der Waals surface area contributed by atoms with Gasteiger partial charge in [0.15, 0.2) is 0 Å². The van der Waals surface area contributed by atoms with E-state index in [1.54, 1.807) is 12.1 Å². The Morgan fingerprint density at radius 3 is 2.16 bits per heavy atom. The summed E-state index contributed by atoms with van der Waals surface area (Å²) in [6.07, 6.45) is 1.83. The second-order valence-corrected chi connectivity index (χ2v) is 9.96. The maximum atomic E-state index is 13.1. The fourth-order valence-electron chi connectivity index (χ4n) is 4.08. The zero-order chi connectivity index (χ0) is 26.5. The number of esters is 1. The molecule has 0 saturated carbocycles. The van der Waals surface area contributed by atoms with Gasteiger partial charge in [-0.15, -0.1) is 0 Å². The van der Waals surface area contributed by atoms with Crippen LogP contribution in [0.2, 0.25) is 0 Å². The molecule has 4 aromatic carbocycles. The molecule has 0 aliphatic carbocycles. The first kappa shape index (κ1) is 25.5. The van der Waals surface area contributed by atoms with Crippen molar-refractivity contribution in [2.45, 2.75) is 20.4 Å². The van der Waals surface area contributed by atoms with Gasteiger partial charge in [0.25, 0.3) is 0 Å². The van der Waals surface area contributed by atoms with E-state index in [4.69, 9.17) is 14.5 Å². The van der Waals surface area contributed by atoms with Crippen molar-refractivity contribution in [1.29, 1.82) is 0 Å². The molecule has 0 spiro atoms. The molecule has 0 radical (unpaired) electrons. The molecule has 1 heterocycles. The first-order chi connectivity index (χ1) is 18.5. The Bertz CT molecular complexity index is 1590. The minimum Gasteiger partial charge on any atom is -0.492 e. The number of ether oxygens (including phenoxy) is 2. The molecule has 0 amide bonds. The number of nitrogens with zero attached hydrogens (tertiary/aromatic N) is 2. The fourth-order valence-corrected chi connectivity index (χ4v) is 4.34. The van der Waals surface area contributed by atoms with Gasteiger partial charge in [0.1, 0.15) is 23.9 Å². The van der Waals surface area contributed by atoms with E-state index >= 15 is 0 Å². The molecule has 5 rings (SSSR count). The summed E-state index contributed by atoms with van der Waals surface area (Å²) in [7, 11) is 0. The average Bonchev–Trinajstić information content (AvgIpc) is 3.27. The molecule has 0 atom stereocenters. The highest BCUT2D eigenvalue weighted by Crippen LogP contribution is 2.25. The number of aryl methyl sites for hydroxylation is 2. The lowest BCUT2D eigenvalue weighted by Crippen LogP contribution is -2.10.